The fourth-order valence-corrected chi connectivity index (χ4v) is 3.97. The first-order chi connectivity index (χ1) is 13.4. The van der Waals surface area contributed by atoms with Crippen LogP contribution in [0.1, 0.15) is 79.6 Å². The molecule has 0 fully saturated rings. The Hall–Kier alpha value is -0.593. The Morgan fingerprint density at radius 2 is 1.55 bits per heavy atom. The van der Waals surface area contributed by atoms with Gasteiger partial charge in [-0.2, -0.15) is 0 Å². The van der Waals surface area contributed by atoms with E-state index >= 15 is 0 Å². The third-order valence-corrected chi connectivity index (χ3v) is 6.65. The molecule has 0 rings (SSSR count). The molecule has 0 spiro atoms. The van der Waals surface area contributed by atoms with Crippen molar-refractivity contribution in [2.45, 2.75) is 105 Å². The number of halogens is 2. The summed E-state index contributed by atoms with van der Waals surface area (Å²) in [5.41, 5.74) is 3.79. The molecule has 0 heterocycles. The highest BCUT2D eigenvalue weighted by atomic mass is 79.9. The van der Waals surface area contributed by atoms with Gasteiger partial charge in [-0.15, -0.1) is 11.8 Å². The molecule has 0 unspecified atom stereocenters. The molecule has 0 bridgehead atoms. The summed E-state index contributed by atoms with van der Waals surface area (Å²) in [5, 5.41) is 0.972. The molecule has 0 nitrogen and oxygen atoms in total. The maximum absolute atomic E-state index is 14.3. The van der Waals surface area contributed by atoms with Gasteiger partial charge in [-0.1, -0.05) is 72.7 Å². The van der Waals surface area contributed by atoms with Gasteiger partial charge in [-0.3, -0.25) is 0 Å². The van der Waals surface area contributed by atoms with Crippen molar-refractivity contribution in [1.82, 2.24) is 0 Å². The molecule has 0 radical (unpaired) electrons. The van der Waals surface area contributed by atoms with E-state index in [0.29, 0.717) is 6.42 Å². The average Bonchev–Trinajstić information content (AvgIpc) is 2.61. The van der Waals surface area contributed by atoms with E-state index in [2.05, 4.69) is 87.3 Å². The minimum absolute atomic E-state index is 0.0682. The third-order valence-electron chi connectivity index (χ3n) is 5.02. The van der Waals surface area contributed by atoms with E-state index in [9.17, 15) is 4.39 Å². The minimum atomic E-state index is -1.06. The normalized spacial score (nSPS) is 14.4. The molecule has 166 valence electrons. The van der Waals surface area contributed by atoms with Crippen LogP contribution >= 0.6 is 15.9 Å². The van der Waals surface area contributed by atoms with Crippen molar-refractivity contribution in [3.8, 4) is 11.8 Å². The zero-order chi connectivity index (χ0) is 22.5. The molecule has 3 heteroatoms. The van der Waals surface area contributed by atoms with Gasteiger partial charge in [-0.05, 0) is 63.9 Å². The van der Waals surface area contributed by atoms with Gasteiger partial charge in [0, 0.05) is 24.2 Å². The molecule has 0 atom stereocenters. The fourth-order valence-electron chi connectivity index (χ4n) is 2.68. The first kappa shape index (κ1) is 28.4. The molecule has 0 aromatic heterocycles. The summed E-state index contributed by atoms with van der Waals surface area (Å²) in [6.45, 7) is 17.9. The Morgan fingerprint density at radius 1 is 0.931 bits per heavy atom. The van der Waals surface area contributed by atoms with Crippen LogP contribution in [0, 0.1) is 17.3 Å². The molecule has 29 heavy (non-hydrogen) atoms. The van der Waals surface area contributed by atoms with Crippen LogP contribution in [0.3, 0.4) is 0 Å². The monoisotopic (exact) mass is 482 g/mol. The van der Waals surface area contributed by atoms with Crippen LogP contribution in [0.15, 0.2) is 34.7 Å². The third kappa shape index (κ3) is 16.8. The van der Waals surface area contributed by atoms with Crippen LogP contribution in [0.5, 0.6) is 0 Å². The fraction of sp³-hybridized carbons (Fsp3) is 0.692. The maximum Gasteiger partial charge on any atom is 0.0991 e. The lowest BCUT2D eigenvalue weighted by molar-refractivity contribution is 0.382. The maximum atomic E-state index is 14.3. The number of hydrogen-bond acceptors (Lipinski definition) is 0. The van der Waals surface area contributed by atoms with E-state index in [-0.39, 0.29) is 11.2 Å². The summed E-state index contributed by atoms with van der Waals surface area (Å²) in [6, 6.07) is 1.08. The summed E-state index contributed by atoms with van der Waals surface area (Å²) in [5.74, 6) is 6.85. The quantitative estimate of drug-likeness (QED) is 0.112. The van der Waals surface area contributed by atoms with E-state index in [0.717, 1.165) is 55.5 Å². The Morgan fingerprint density at radius 3 is 2.14 bits per heavy atom. The van der Waals surface area contributed by atoms with Crippen LogP contribution in [0.4, 0.5) is 4.39 Å². The predicted molar refractivity (Wildman–Crippen MR) is 137 cm³/mol. The highest BCUT2D eigenvalue weighted by molar-refractivity contribution is 9.09. The number of hydrogen-bond donors (Lipinski definition) is 0. The number of allylic oxidation sites excluding steroid dienone is 6. The van der Waals surface area contributed by atoms with Gasteiger partial charge in [0.25, 0.3) is 0 Å². The second-order valence-corrected chi connectivity index (χ2v) is 16.7. The van der Waals surface area contributed by atoms with Crippen molar-refractivity contribution >= 4 is 24.0 Å². The van der Waals surface area contributed by atoms with Crippen molar-refractivity contribution in [3.63, 3.8) is 0 Å². The van der Waals surface area contributed by atoms with Crippen LogP contribution in [0.2, 0.25) is 25.7 Å². The zero-order valence-corrected chi connectivity index (χ0v) is 22.9. The summed E-state index contributed by atoms with van der Waals surface area (Å²) in [6.07, 6.45) is 10.6. The molecule has 0 saturated carbocycles. The second-order valence-electron chi connectivity index (χ2n) is 10.4. The Labute approximate surface area is 190 Å². The largest absolute Gasteiger partial charge is 0.212 e. The van der Waals surface area contributed by atoms with Gasteiger partial charge in [-0.25, -0.2) is 4.39 Å². The summed E-state index contributed by atoms with van der Waals surface area (Å²) >= 11 is 3.44. The van der Waals surface area contributed by atoms with Crippen LogP contribution in [0.25, 0.3) is 0 Å². The highest BCUT2D eigenvalue weighted by Gasteiger charge is 2.15. The first-order valence-corrected chi connectivity index (χ1v) is 15.9. The Kier molecular flexibility index (Phi) is 14.1. The van der Waals surface area contributed by atoms with Crippen LogP contribution < -0.4 is 0 Å². The molecule has 0 amide bonds. The first-order valence-electron chi connectivity index (χ1n) is 11.0. The molecular weight excluding hydrogens is 439 g/mol. The minimum Gasteiger partial charge on any atom is -0.212 e. The molecule has 0 N–H and O–H groups in total. The molecule has 0 aromatic carbocycles. The van der Waals surface area contributed by atoms with E-state index in [1.807, 2.05) is 6.92 Å². The lowest BCUT2D eigenvalue weighted by Crippen LogP contribution is -2.17. The Balaban J connectivity index is 4.47. The van der Waals surface area contributed by atoms with E-state index in [1.54, 1.807) is 0 Å². The van der Waals surface area contributed by atoms with Gasteiger partial charge in [0.1, 0.15) is 0 Å². The van der Waals surface area contributed by atoms with Crippen LogP contribution in [-0.4, -0.2) is 13.4 Å². The summed E-state index contributed by atoms with van der Waals surface area (Å²) in [4.78, 5) is 0. The summed E-state index contributed by atoms with van der Waals surface area (Å²) < 4.78 is 14.3. The average molecular weight is 484 g/mol. The number of rotatable bonds is 12. The van der Waals surface area contributed by atoms with Crippen LogP contribution in [-0.2, 0) is 0 Å². The molecule has 0 aliphatic heterocycles. The highest BCUT2D eigenvalue weighted by Crippen LogP contribution is 2.27. The van der Waals surface area contributed by atoms with Gasteiger partial charge < -0.3 is 0 Å². The van der Waals surface area contributed by atoms with E-state index < -0.39 is 8.07 Å². The summed E-state index contributed by atoms with van der Waals surface area (Å²) in [7, 11) is -1.06. The zero-order valence-electron chi connectivity index (χ0n) is 20.3. The molecular formula is C26H44BrFSi. The van der Waals surface area contributed by atoms with Crippen molar-refractivity contribution in [2.75, 3.05) is 5.33 Å². The second kappa shape index (κ2) is 14.4. The topological polar surface area (TPSA) is 0 Å². The number of alkyl halides is 1. The van der Waals surface area contributed by atoms with E-state index in [4.69, 9.17) is 0 Å². The van der Waals surface area contributed by atoms with Gasteiger partial charge >= 0.3 is 0 Å². The van der Waals surface area contributed by atoms with Crippen molar-refractivity contribution in [2.24, 2.45) is 5.41 Å². The lowest BCUT2D eigenvalue weighted by Gasteiger charge is -2.20. The van der Waals surface area contributed by atoms with E-state index in [1.165, 1.54) is 11.1 Å². The van der Waals surface area contributed by atoms with Gasteiger partial charge in [0.05, 0.1) is 13.9 Å². The van der Waals surface area contributed by atoms with Crippen molar-refractivity contribution in [3.05, 3.63) is 34.7 Å². The molecule has 0 aromatic rings. The molecule has 0 aliphatic rings. The lowest BCUT2D eigenvalue weighted by atomic mass is 9.85. The predicted octanol–water partition coefficient (Wildman–Crippen LogP) is 9.62. The smallest absolute Gasteiger partial charge is 0.0991 e. The molecule has 0 saturated heterocycles. The van der Waals surface area contributed by atoms with Crippen molar-refractivity contribution in [1.29, 1.82) is 0 Å². The standard InChI is InChI=1S/C26H44BrFSi/c1-22(17-20-27)12-11-13-25(28)24(3)15-14-23(2)16-19-26(4,5)18-9-10-21-29(6,7)8/h12,16H,11,13-15,17-21H2,1-8H3/b22-12+,23-16-,25-24-. The van der Waals surface area contributed by atoms with Gasteiger partial charge in [0.2, 0.25) is 0 Å². The SMILES string of the molecule is C/C(=C/CC(C)(C)CC#CC[Si](C)(C)C)CC/C(C)=C(\F)CC/C=C(\C)CCBr. The molecule has 0 aliphatic carbocycles. The van der Waals surface area contributed by atoms with Crippen molar-refractivity contribution < 1.29 is 4.39 Å². The Bertz CT molecular complexity index is 636. The van der Waals surface area contributed by atoms with Gasteiger partial charge in [0.15, 0.2) is 0 Å².